The molecule has 4 heteroatoms. The van der Waals surface area contributed by atoms with Crippen molar-refractivity contribution in [3.63, 3.8) is 0 Å². The van der Waals surface area contributed by atoms with E-state index in [-0.39, 0.29) is 5.60 Å². The van der Waals surface area contributed by atoms with Gasteiger partial charge in [0.2, 0.25) is 0 Å². The molecule has 112 valence electrons. The van der Waals surface area contributed by atoms with Gasteiger partial charge in [0.15, 0.2) is 0 Å². The lowest BCUT2D eigenvalue weighted by atomic mass is 9.71. The second-order valence-electron chi connectivity index (χ2n) is 7.16. The summed E-state index contributed by atoms with van der Waals surface area (Å²) in [6.45, 7) is 5.63. The maximum absolute atomic E-state index is 5.94. The number of nitrogens with zero attached hydrogens (tertiary/aromatic N) is 1. The molecule has 0 unspecified atom stereocenters. The van der Waals surface area contributed by atoms with E-state index in [0.717, 1.165) is 25.4 Å². The zero-order valence-corrected chi connectivity index (χ0v) is 13.7. The van der Waals surface area contributed by atoms with E-state index in [2.05, 4.69) is 24.5 Å². The highest BCUT2D eigenvalue weighted by Crippen LogP contribution is 2.47. The maximum Gasteiger partial charge on any atom is 0.125 e. The van der Waals surface area contributed by atoms with Crippen LogP contribution in [0.1, 0.15) is 63.1 Å². The van der Waals surface area contributed by atoms with Gasteiger partial charge in [0, 0.05) is 25.1 Å². The first kappa shape index (κ1) is 14.5. The molecule has 1 N–H and O–H groups in total. The summed E-state index contributed by atoms with van der Waals surface area (Å²) in [7, 11) is 1.85. The molecule has 20 heavy (non-hydrogen) atoms. The fourth-order valence-electron chi connectivity index (χ4n) is 2.97. The number of rotatable bonds is 5. The van der Waals surface area contributed by atoms with E-state index in [4.69, 9.17) is 9.72 Å². The minimum Gasteiger partial charge on any atom is -0.371 e. The monoisotopic (exact) mass is 294 g/mol. The third-order valence-electron chi connectivity index (χ3n) is 4.89. The highest BCUT2D eigenvalue weighted by molar-refractivity contribution is 7.09. The summed E-state index contributed by atoms with van der Waals surface area (Å²) in [4.78, 5) is 4.86. The van der Waals surface area contributed by atoms with Gasteiger partial charge in [-0.1, -0.05) is 13.8 Å². The Kier molecular flexibility index (Phi) is 3.91. The minimum atomic E-state index is -0.127. The lowest BCUT2D eigenvalue weighted by molar-refractivity contribution is -0.0668. The first-order valence-electron chi connectivity index (χ1n) is 7.76. The molecule has 0 amide bonds. The molecule has 0 aromatic carbocycles. The molecule has 1 aromatic heterocycles. The predicted molar refractivity (Wildman–Crippen MR) is 82.9 cm³/mol. The van der Waals surface area contributed by atoms with Gasteiger partial charge in [-0.3, -0.25) is 0 Å². The lowest BCUT2D eigenvalue weighted by Crippen LogP contribution is -2.36. The Balaban J connectivity index is 1.69. The van der Waals surface area contributed by atoms with Gasteiger partial charge in [0.25, 0.3) is 0 Å². The Hall–Kier alpha value is -0.450. The number of nitrogens with one attached hydrogen (secondary N) is 1. The van der Waals surface area contributed by atoms with Crippen LogP contribution < -0.4 is 5.32 Å². The van der Waals surface area contributed by atoms with Crippen LogP contribution in [0.3, 0.4) is 0 Å². The molecule has 0 atom stereocenters. The maximum atomic E-state index is 5.94. The Bertz CT molecular complexity index is 455. The summed E-state index contributed by atoms with van der Waals surface area (Å²) in [6, 6.07) is 0.743. The van der Waals surface area contributed by atoms with Crippen molar-refractivity contribution in [3.05, 3.63) is 16.1 Å². The quantitative estimate of drug-likeness (QED) is 0.896. The molecule has 0 bridgehead atoms. The normalized spacial score (nSPS) is 24.8. The van der Waals surface area contributed by atoms with Crippen LogP contribution in [0.25, 0.3) is 0 Å². The molecule has 0 radical (unpaired) electrons. The van der Waals surface area contributed by atoms with Crippen molar-refractivity contribution < 1.29 is 4.74 Å². The number of methoxy groups -OCH3 is 1. The van der Waals surface area contributed by atoms with Gasteiger partial charge in [0.1, 0.15) is 10.6 Å². The fourth-order valence-corrected chi connectivity index (χ4v) is 4.03. The summed E-state index contributed by atoms with van der Waals surface area (Å²) in [5, 5.41) is 6.92. The molecule has 3 nitrogen and oxygen atoms in total. The van der Waals surface area contributed by atoms with Gasteiger partial charge in [-0.2, -0.15) is 0 Å². The minimum absolute atomic E-state index is 0.127. The van der Waals surface area contributed by atoms with E-state index < -0.39 is 0 Å². The molecule has 1 aromatic rings. The highest BCUT2D eigenvalue weighted by Gasteiger charge is 2.41. The van der Waals surface area contributed by atoms with E-state index in [1.165, 1.54) is 36.4 Å². The number of aromatic nitrogens is 1. The second kappa shape index (κ2) is 5.39. The van der Waals surface area contributed by atoms with Crippen LogP contribution >= 0.6 is 11.3 Å². The van der Waals surface area contributed by atoms with Crippen molar-refractivity contribution in [3.8, 4) is 0 Å². The Morgan fingerprint density at radius 3 is 2.60 bits per heavy atom. The zero-order chi connectivity index (χ0) is 14.2. The number of thiazole rings is 1. The first-order valence-corrected chi connectivity index (χ1v) is 8.64. The largest absolute Gasteiger partial charge is 0.371 e. The molecule has 0 aliphatic heterocycles. The van der Waals surface area contributed by atoms with Crippen LogP contribution in [-0.4, -0.2) is 18.1 Å². The van der Waals surface area contributed by atoms with Gasteiger partial charge >= 0.3 is 0 Å². The van der Waals surface area contributed by atoms with E-state index in [0.29, 0.717) is 5.41 Å². The number of hydrogen-bond acceptors (Lipinski definition) is 4. The van der Waals surface area contributed by atoms with Crippen LogP contribution in [-0.2, 0) is 16.9 Å². The van der Waals surface area contributed by atoms with E-state index in [1.54, 1.807) is 11.3 Å². The van der Waals surface area contributed by atoms with Crippen LogP contribution in [0.4, 0.5) is 0 Å². The van der Waals surface area contributed by atoms with Crippen LogP contribution in [0.2, 0.25) is 0 Å². The van der Waals surface area contributed by atoms with Crippen molar-refractivity contribution in [2.75, 3.05) is 7.11 Å². The van der Waals surface area contributed by atoms with Gasteiger partial charge in [-0.15, -0.1) is 11.3 Å². The average molecular weight is 294 g/mol. The van der Waals surface area contributed by atoms with E-state index in [1.807, 2.05) is 7.11 Å². The van der Waals surface area contributed by atoms with Crippen molar-refractivity contribution in [2.24, 2.45) is 5.41 Å². The molecule has 3 rings (SSSR count). The Morgan fingerprint density at radius 1 is 1.30 bits per heavy atom. The lowest BCUT2D eigenvalue weighted by Gasteiger charge is -2.41. The topological polar surface area (TPSA) is 34.1 Å². The smallest absolute Gasteiger partial charge is 0.125 e. The highest BCUT2D eigenvalue weighted by atomic mass is 32.1. The third-order valence-corrected chi connectivity index (χ3v) is 5.97. The second-order valence-corrected chi connectivity index (χ2v) is 8.02. The fraction of sp³-hybridized carbons (Fsp3) is 0.812. The van der Waals surface area contributed by atoms with Crippen LogP contribution in [0.15, 0.2) is 5.38 Å². The van der Waals surface area contributed by atoms with Gasteiger partial charge < -0.3 is 10.1 Å². The summed E-state index contributed by atoms with van der Waals surface area (Å²) in [5.41, 5.74) is 1.51. The molecular formula is C16H26N2OS. The number of hydrogen-bond donors (Lipinski definition) is 1. The molecule has 2 saturated carbocycles. The standard InChI is InChI=1S/C16H26N2OS/c1-15(2)6-8-16(19-3,9-7-15)14-18-13(11-20-14)10-17-12-4-5-12/h11-12,17H,4-10H2,1-3H3. The third kappa shape index (κ3) is 3.07. The molecule has 2 aliphatic carbocycles. The zero-order valence-electron chi connectivity index (χ0n) is 12.9. The van der Waals surface area contributed by atoms with E-state index >= 15 is 0 Å². The molecule has 0 saturated heterocycles. The molecular weight excluding hydrogens is 268 g/mol. The molecule has 0 spiro atoms. The van der Waals surface area contributed by atoms with Crippen molar-refractivity contribution in [2.45, 2.75) is 70.6 Å². The van der Waals surface area contributed by atoms with E-state index in [9.17, 15) is 0 Å². The van der Waals surface area contributed by atoms with Crippen LogP contribution in [0.5, 0.6) is 0 Å². The van der Waals surface area contributed by atoms with Gasteiger partial charge in [-0.25, -0.2) is 4.98 Å². The average Bonchev–Trinajstić information content (AvgIpc) is 3.14. The predicted octanol–water partition coefficient (Wildman–Crippen LogP) is 3.84. The molecule has 2 fully saturated rings. The van der Waals surface area contributed by atoms with Crippen LogP contribution in [0, 0.1) is 5.41 Å². The Labute approximate surface area is 126 Å². The van der Waals surface area contributed by atoms with Gasteiger partial charge in [-0.05, 0) is 43.9 Å². The molecule has 2 aliphatic rings. The molecule has 1 heterocycles. The summed E-state index contributed by atoms with van der Waals surface area (Å²) < 4.78 is 5.94. The number of ether oxygens (including phenoxy) is 1. The first-order chi connectivity index (χ1) is 9.53. The van der Waals surface area contributed by atoms with Gasteiger partial charge in [0.05, 0.1) is 5.69 Å². The van der Waals surface area contributed by atoms with Crippen molar-refractivity contribution in [1.82, 2.24) is 10.3 Å². The summed E-state index contributed by atoms with van der Waals surface area (Å²) in [6.07, 6.45) is 7.29. The summed E-state index contributed by atoms with van der Waals surface area (Å²) >= 11 is 1.78. The Morgan fingerprint density at radius 2 is 2.00 bits per heavy atom. The SMILES string of the molecule is COC1(c2nc(CNC3CC3)cs2)CCC(C)(C)CC1. The van der Waals surface area contributed by atoms with Crippen molar-refractivity contribution in [1.29, 1.82) is 0 Å². The summed E-state index contributed by atoms with van der Waals surface area (Å²) in [5.74, 6) is 0. The van der Waals surface area contributed by atoms with Crippen molar-refractivity contribution >= 4 is 11.3 Å².